The Morgan fingerprint density at radius 3 is 1.42 bits per heavy atom. The quantitative estimate of drug-likeness (QED) is 0.531. The number of hydrogen-bond acceptors (Lipinski definition) is 0. The van der Waals surface area contributed by atoms with Gasteiger partial charge in [-0.25, -0.2) is 0 Å². The van der Waals surface area contributed by atoms with Crippen LogP contribution in [0.3, 0.4) is 0 Å². The fourth-order valence-corrected chi connectivity index (χ4v) is 6.91. The third-order valence-corrected chi connectivity index (χ3v) is 9.62. The smallest absolute Gasteiger partial charge is 0.0648 e. The maximum atomic E-state index is 8.73. The van der Waals surface area contributed by atoms with Crippen LogP contribution in [0, 0.1) is 0 Å². The van der Waals surface area contributed by atoms with Gasteiger partial charge in [0, 0.05) is 0 Å². The molecule has 0 saturated heterocycles. The minimum atomic E-state index is -3.79. The average Bonchev–Trinajstić information content (AvgIpc) is 2.90. The van der Waals surface area contributed by atoms with Gasteiger partial charge in [0.15, 0.2) is 0 Å². The molecule has 0 aliphatic rings. The largest absolute Gasteiger partial charge is 0.0978 e. The molecule has 0 saturated carbocycles. The molecule has 0 aromatic heterocycles. The van der Waals surface area contributed by atoms with Crippen molar-refractivity contribution in [1.29, 1.82) is 0 Å². The van der Waals surface area contributed by atoms with Crippen molar-refractivity contribution in [1.82, 2.24) is 0 Å². The van der Waals surface area contributed by atoms with Crippen molar-refractivity contribution in [3.63, 3.8) is 0 Å². The lowest BCUT2D eigenvalue weighted by atomic mass is 10.2. The van der Waals surface area contributed by atoms with E-state index in [0.717, 1.165) is 0 Å². The molecule has 0 atom stereocenters. The summed E-state index contributed by atoms with van der Waals surface area (Å²) >= 11 is 0. The second-order valence-corrected chi connectivity index (χ2v) is 10.5. The summed E-state index contributed by atoms with van der Waals surface area (Å²) in [5.74, 6) is 0. The highest BCUT2D eigenvalue weighted by molar-refractivity contribution is 6.92. The molecule has 3 rings (SSSR count). The van der Waals surface area contributed by atoms with Crippen LogP contribution in [0.1, 0.15) is 45.5 Å². The van der Waals surface area contributed by atoms with Gasteiger partial charge in [0.2, 0.25) is 0 Å². The fraction of sp³-hybridized carbons (Fsp3) is 0.217. The summed E-state index contributed by atoms with van der Waals surface area (Å²) in [5.41, 5.74) is -0.780. The molecule has 3 aromatic carbocycles. The van der Waals surface area contributed by atoms with E-state index in [4.69, 9.17) is 20.6 Å². The fourth-order valence-electron chi connectivity index (χ4n) is 2.79. The molecule has 0 radical (unpaired) electrons. The van der Waals surface area contributed by atoms with E-state index >= 15 is 0 Å². The monoisotopic (exact) mass is 345 g/mol. The first-order chi connectivity index (χ1) is 17.9. The summed E-state index contributed by atoms with van der Waals surface area (Å²) in [6.07, 6.45) is 0. The van der Waals surface area contributed by atoms with Crippen LogP contribution in [0.5, 0.6) is 0 Å². The van der Waals surface area contributed by atoms with E-state index in [1.54, 1.807) is 13.8 Å². The molecule has 3 aromatic rings. The minimum Gasteiger partial charge on any atom is -0.0648 e. The maximum Gasteiger partial charge on any atom is 0.0978 e. The Labute approximate surface area is 168 Å². The molecule has 0 spiro atoms. The molecule has 0 unspecified atom stereocenters. The molecule has 0 aliphatic carbocycles. The highest BCUT2D eigenvalue weighted by atomic mass is 28.3. The van der Waals surface area contributed by atoms with Gasteiger partial charge in [-0.15, -0.1) is 0 Å². The lowest BCUT2D eigenvalue weighted by molar-refractivity contribution is 0.967. The van der Waals surface area contributed by atoms with Crippen LogP contribution in [-0.4, -0.2) is 8.07 Å². The van der Waals surface area contributed by atoms with Crippen LogP contribution in [0.4, 0.5) is 0 Å². The van der Waals surface area contributed by atoms with E-state index in [2.05, 4.69) is 0 Å². The van der Waals surface area contributed by atoms with Gasteiger partial charge in [-0.2, -0.15) is 0 Å². The molecule has 0 N–H and O–H groups in total. The zero-order valence-electron chi connectivity index (χ0n) is 28.5. The highest BCUT2D eigenvalue weighted by Gasteiger charge is 2.38. The van der Waals surface area contributed by atoms with E-state index in [-0.39, 0.29) is 28.4 Å². The molecule has 24 heavy (non-hydrogen) atoms. The van der Waals surface area contributed by atoms with E-state index in [0.29, 0.717) is 0 Å². The first-order valence-corrected chi connectivity index (χ1v) is 10.1. The second kappa shape index (κ2) is 7.63. The standard InChI is InChI=1S/C23H26Si/c1-20(2)24(23-16-10-5-11-17-23,18-21-12-6-3-7-13-21)19-22-14-8-4-9-15-22/h3-17,20H,18-19H2,1-2H3/i3D,4D,5D,6D,7D,8D,9D,10D,11D,12D,13D,14D,15D,16D,17D. The van der Waals surface area contributed by atoms with Crippen molar-refractivity contribution < 1.29 is 20.6 Å². The summed E-state index contributed by atoms with van der Waals surface area (Å²) in [7, 11) is -3.79. The first kappa shape index (κ1) is 6.31. The zero-order chi connectivity index (χ0) is 29.9. The SMILES string of the molecule is [2H]c1c([2H])c([2H])c(C[Si](Cc2c([2H])c([2H])c([2H])c([2H])c2[2H])(c2c([2H])c([2H])c([2H])c([2H])c2[2H])C(C)C)c([2H])c1[2H]. The van der Waals surface area contributed by atoms with Gasteiger partial charge in [-0.3, -0.25) is 0 Å². The molecule has 1 heteroatoms. The molecular formula is C23H26Si. The summed E-state index contributed by atoms with van der Waals surface area (Å²) in [4.78, 5) is 0. The lowest BCUT2D eigenvalue weighted by Gasteiger charge is -2.37. The van der Waals surface area contributed by atoms with Crippen molar-refractivity contribution in [3.05, 3.63) is 102 Å². The molecule has 0 heterocycles. The lowest BCUT2D eigenvalue weighted by Crippen LogP contribution is -2.55. The van der Waals surface area contributed by atoms with Gasteiger partial charge in [0.05, 0.1) is 28.6 Å². The van der Waals surface area contributed by atoms with E-state index in [1.807, 2.05) is 0 Å². The van der Waals surface area contributed by atoms with Crippen LogP contribution < -0.4 is 5.19 Å². The molecule has 0 aliphatic heterocycles. The molecule has 0 nitrogen and oxygen atoms in total. The van der Waals surface area contributed by atoms with Gasteiger partial charge in [-0.05, 0) is 17.6 Å². The Kier molecular flexibility index (Phi) is 2.01. The third kappa shape index (κ3) is 3.68. The first-order valence-electron chi connectivity index (χ1n) is 15.1. The van der Waals surface area contributed by atoms with Crippen molar-refractivity contribution >= 4 is 13.3 Å². The van der Waals surface area contributed by atoms with E-state index in [9.17, 15) is 0 Å². The van der Waals surface area contributed by atoms with Crippen molar-refractivity contribution in [2.24, 2.45) is 0 Å². The van der Waals surface area contributed by atoms with Crippen molar-refractivity contribution in [2.45, 2.75) is 31.5 Å². The molecule has 122 valence electrons. The van der Waals surface area contributed by atoms with Gasteiger partial charge in [0.1, 0.15) is 0 Å². The topological polar surface area (TPSA) is 0 Å². The van der Waals surface area contributed by atoms with Crippen molar-refractivity contribution in [3.8, 4) is 0 Å². The molecule has 0 bridgehead atoms. The molecule has 0 fully saturated rings. The number of benzene rings is 3. The summed E-state index contributed by atoms with van der Waals surface area (Å²) in [6, 6.07) is -9.15. The Morgan fingerprint density at radius 2 is 1.04 bits per heavy atom. The van der Waals surface area contributed by atoms with E-state index in [1.165, 1.54) is 0 Å². The Balaban J connectivity index is 2.54. The number of hydrogen-bond donors (Lipinski definition) is 0. The van der Waals surface area contributed by atoms with Crippen LogP contribution in [-0.2, 0) is 12.1 Å². The van der Waals surface area contributed by atoms with Gasteiger partial charge in [-0.1, -0.05) is 121 Å². The van der Waals surface area contributed by atoms with Crippen LogP contribution in [0.25, 0.3) is 0 Å². The van der Waals surface area contributed by atoms with Crippen molar-refractivity contribution in [2.75, 3.05) is 0 Å². The van der Waals surface area contributed by atoms with Gasteiger partial charge in [0.25, 0.3) is 0 Å². The summed E-state index contributed by atoms with van der Waals surface area (Å²) in [6.45, 7) is 3.41. The minimum absolute atomic E-state index is 0.0953. The molecular weight excluding hydrogens is 304 g/mol. The maximum absolute atomic E-state index is 8.73. The Morgan fingerprint density at radius 1 is 0.667 bits per heavy atom. The van der Waals surface area contributed by atoms with Gasteiger partial charge >= 0.3 is 0 Å². The van der Waals surface area contributed by atoms with Crippen LogP contribution >= 0.6 is 0 Å². The van der Waals surface area contributed by atoms with Gasteiger partial charge < -0.3 is 0 Å². The predicted octanol–water partition coefficient (Wildman–Crippen LogP) is 5.32. The average molecular weight is 346 g/mol. The van der Waals surface area contributed by atoms with E-state index < -0.39 is 104 Å². The third-order valence-electron chi connectivity index (χ3n) is 4.19. The Bertz CT molecular complexity index is 1340. The highest BCUT2D eigenvalue weighted by Crippen LogP contribution is 2.29. The summed E-state index contributed by atoms with van der Waals surface area (Å²) in [5, 5.41) is -0.0953. The van der Waals surface area contributed by atoms with Crippen LogP contribution in [0.15, 0.2) is 90.6 Å². The zero-order valence-corrected chi connectivity index (χ0v) is 14.5. The number of rotatable bonds is 6. The predicted molar refractivity (Wildman–Crippen MR) is 107 cm³/mol. The van der Waals surface area contributed by atoms with Crippen LogP contribution in [0.2, 0.25) is 5.54 Å². The Hall–Kier alpha value is -2.12. The summed E-state index contributed by atoms with van der Waals surface area (Å²) < 4.78 is 124. The molecule has 0 amide bonds. The normalized spacial score (nSPS) is 20.4. The second-order valence-electron chi connectivity index (χ2n) is 5.87.